The quantitative estimate of drug-likeness (QED) is 0.640. The summed E-state index contributed by atoms with van der Waals surface area (Å²) < 4.78 is 20.8. The summed E-state index contributed by atoms with van der Waals surface area (Å²) in [5.41, 5.74) is 0.743. The lowest BCUT2D eigenvalue weighted by molar-refractivity contribution is -0.144. The average molecular weight is 371 g/mol. The molecule has 27 heavy (non-hydrogen) atoms. The predicted octanol–water partition coefficient (Wildman–Crippen LogP) is 0.908. The molecule has 0 radical (unpaired) electrons. The smallest absolute Gasteiger partial charge is 0.263 e. The second-order valence-corrected chi connectivity index (χ2v) is 6.34. The van der Waals surface area contributed by atoms with E-state index in [1.54, 1.807) is 41.0 Å². The Balaban J connectivity index is 1.30. The highest BCUT2D eigenvalue weighted by Crippen LogP contribution is 2.23. The maximum atomic E-state index is 13.7. The van der Waals surface area contributed by atoms with Crippen molar-refractivity contribution in [3.8, 4) is 5.75 Å². The van der Waals surface area contributed by atoms with Gasteiger partial charge >= 0.3 is 0 Å². The Bertz CT molecular complexity index is 921. The molecule has 1 amide bonds. The minimum atomic E-state index is -0.764. The summed E-state index contributed by atoms with van der Waals surface area (Å²) in [5.74, 6) is -0.598. The fraction of sp³-hybridized carbons (Fsp3) is 0.353. The molecule has 140 valence electrons. The second kappa shape index (κ2) is 7.14. The molecule has 4 rings (SSSR count). The van der Waals surface area contributed by atoms with Crippen molar-refractivity contribution >= 4 is 5.91 Å². The van der Waals surface area contributed by atoms with Crippen molar-refractivity contribution in [2.75, 3.05) is 13.1 Å². The molecule has 1 unspecified atom stereocenters. The third kappa shape index (κ3) is 3.64. The summed E-state index contributed by atoms with van der Waals surface area (Å²) >= 11 is 0. The van der Waals surface area contributed by atoms with E-state index >= 15 is 0 Å². The van der Waals surface area contributed by atoms with Crippen LogP contribution < -0.4 is 4.74 Å². The summed E-state index contributed by atoms with van der Waals surface area (Å²) in [6.07, 6.45) is 4.27. The van der Waals surface area contributed by atoms with Crippen molar-refractivity contribution < 1.29 is 13.9 Å². The van der Waals surface area contributed by atoms with Crippen molar-refractivity contribution in [1.29, 1.82) is 0 Å². The van der Waals surface area contributed by atoms with Gasteiger partial charge in [0.25, 0.3) is 5.91 Å². The summed E-state index contributed by atoms with van der Waals surface area (Å²) in [6.45, 7) is 3.07. The molecule has 9 nitrogen and oxygen atoms in total. The first-order valence-electron chi connectivity index (χ1n) is 8.55. The number of aromatic nitrogens is 6. The average Bonchev–Trinajstić information content (AvgIpc) is 3.28. The van der Waals surface area contributed by atoms with Gasteiger partial charge in [0.1, 0.15) is 12.2 Å². The number of halogens is 1. The van der Waals surface area contributed by atoms with Gasteiger partial charge in [0.2, 0.25) is 0 Å². The first-order chi connectivity index (χ1) is 13.1. The number of carbonyl (C=O) groups excluding carboxylic acids is 1. The number of ether oxygens (including phenoxy) is 1. The van der Waals surface area contributed by atoms with Gasteiger partial charge in [0.05, 0.1) is 24.6 Å². The highest BCUT2D eigenvalue weighted by atomic mass is 19.1. The van der Waals surface area contributed by atoms with Crippen LogP contribution in [0.1, 0.15) is 18.7 Å². The number of para-hydroxylation sites is 1. The first-order valence-corrected chi connectivity index (χ1v) is 8.55. The number of carbonyl (C=O) groups is 1. The SMILES string of the molecule is CC(Oc1ccccc1F)C(=O)N1CC(n2cc(Cn3nccn3)nn2)C1. The van der Waals surface area contributed by atoms with Gasteiger partial charge in [0.15, 0.2) is 17.7 Å². The van der Waals surface area contributed by atoms with E-state index in [4.69, 9.17) is 4.74 Å². The number of rotatable bonds is 6. The summed E-state index contributed by atoms with van der Waals surface area (Å²) in [5, 5.41) is 16.3. The number of benzene rings is 1. The molecule has 1 aliphatic rings. The fourth-order valence-corrected chi connectivity index (χ4v) is 2.88. The van der Waals surface area contributed by atoms with E-state index in [1.165, 1.54) is 16.9 Å². The van der Waals surface area contributed by atoms with Crippen LogP contribution >= 0.6 is 0 Å². The zero-order valence-electron chi connectivity index (χ0n) is 14.6. The molecule has 1 aliphatic heterocycles. The summed E-state index contributed by atoms with van der Waals surface area (Å²) in [4.78, 5) is 15.6. The van der Waals surface area contributed by atoms with Crippen LogP contribution in [-0.4, -0.2) is 60.0 Å². The van der Waals surface area contributed by atoms with Gasteiger partial charge in [-0.2, -0.15) is 15.0 Å². The van der Waals surface area contributed by atoms with Crippen LogP contribution in [-0.2, 0) is 11.3 Å². The van der Waals surface area contributed by atoms with Crippen molar-refractivity contribution in [1.82, 2.24) is 34.9 Å². The summed E-state index contributed by atoms with van der Waals surface area (Å²) in [7, 11) is 0. The normalized spacial score (nSPS) is 15.4. The highest BCUT2D eigenvalue weighted by Gasteiger charge is 2.35. The van der Waals surface area contributed by atoms with E-state index in [2.05, 4.69) is 20.5 Å². The molecule has 10 heteroatoms. The lowest BCUT2D eigenvalue weighted by atomic mass is 10.1. The zero-order chi connectivity index (χ0) is 18.8. The number of hydrogen-bond donors (Lipinski definition) is 0. The monoisotopic (exact) mass is 371 g/mol. The van der Waals surface area contributed by atoms with E-state index in [-0.39, 0.29) is 17.7 Å². The van der Waals surface area contributed by atoms with Crippen LogP contribution in [0.15, 0.2) is 42.9 Å². The Morgan fingerprint density at radius 3 is 2.78 bits per heavy atom. The zero-order valence-corrected chi connectivity index (χ0v) is 14.6. The minimum absolute atomic E-state index is 0.0569. The van der Waals surface area contributed by atoms with Crippen LogP contribution in [0.5, 0.6) is 5.75 Å². The van der Waals surface area contributed by atoms with E-state index in [0.29, 0.717) is 19.6 Å². The summed E-state index contributed by atoms with van der Waals surface area (Å²) in [6, 6.07) is 6.10. The van der Waals surface area contributed by atoms with Gasteiger partial charge < -0.3 is 9.64 Å². The van der Waals surface area contributed by atoms with Gasteiger partial charge in [-0.15, -0.1) is 5.10 Å². The fourth-order valence-electron chi connectivity index (χ4n) is 2.88. The topological polar surface area (TPSA) is 91.0 Å². The van der Waals surface area contributed by atoms with Crippen LogP contribution in [0, 0.1) is 5.82 Å². The molecule has 2 aromatic heterocycles. The minimum Gasteiger partial charge on any atom is -0.478 e. The van der Waals surface area contributed by atoms with E-state index in [0.717, 1.165) is 5.69 Å². The van der Waals surface area contributed by atoms with Crippen molar-refractivity contribution in [3.05, 3.63) is 54.4 Å². The van der Waals surface area contributed by atoms with Gasteiger partial charge in [-0.25, -0.2) is 9.07 Å². The van der Waals surface area contributed by atoms with Crippen LogP contribution in [0.2, 0.25) is 0 Å². The van der Waals surface area contributed by atoms with E-state index in [1.807, 2.05) is 6.20 Å². The van der Waals surface area contributed by atoms with Gasteiger partial charge in [0, 0.05) is 13.1 Å². The van der Waals surface area contributed by atoms with Crippen molar-refractivity contribution in [3.63, 3.8) is 0 Å². The third-order valence-corrected chi connectivity index (χ3v) is 4.36. The number of hydrogen-bond acceptors (Lipinski definition) is 6. The molecular weight excluding hydrogens is 353 g/mol. The van der Waals surface area contributed by atoms with Gasteiger partial charge in [-0.1, -0.05) is 17.3 Å². The molecule has 0 spiro atoms. The van der Waals surface area contributed by atoms with Crippen LogP contribution in [0.25, 0.3) is 0 Å². The predicted molar refractivity (Wildman–Crippen MR) is 91.3 cm³/mol. The number of nitrogens with zero attached hydrogens (tertiary/aromatic N) is 7. The molecule has 0 bridgehead atoms. The van der Waals surface area contributed by atoms with Gasteiger partial charge in [-0.05, 0) is 19.1 Å². The van der Waals surface area contributed by atoms with Crippen LogP contribution in [0.3, 0.4) is 0 Å². The molecule has 1 atom stereocenters. The van der Waals surface area contributed by atoms with E-state index in [9.17, 15) is 9.18 Å². The van der Waals surface area contributed by atoms with Crippen molar-refractivity contribution in [2.24, 2.45) is 0 Å². The maximum absolute atomic E-state index is 13.7. The highest BCUT2D eigenvalue weighted by molar-refractivity contribution is 5.81. The molecule has 1 fully saturated rings. The standard InChI is InChI=1S/C17H18FN7O2/c1-12(27-16-5-3-2-4-15(16)18)17(26)23-10-14(11-23)24-8-13(21-22-24)9-25-19-6-7-20-25/h2-8,12,14H,9-11H2,1H3. The maximum Gasteiger partial charge on any atom is 0.263 e. The molecule has 1 saturated heterocycles. The lowest BCUT2D eigenvalue weighted by Crippen LogP contribution is -2.54. The molecule has 0 saturated carbocycles. The van der Waals surface area contributed by atoms with Crippen LogP contribution in [0.4, 0.5) is 4.39 Å². The Morgan fingerprint density at radius 1 is 1.30 bits per heavy atom. The second-order valence-electron chi connectivity index (χ2n) is 6.34. The Kier molecular flexibility index (Phi) is 4.53. The number of likely N-dealkylation sites (tertiary alicyclic amines) is 1. The molecule has 3 heterocycles. The number of amides is 1. The third-order valence-electron chi connectivity index (χ3n) is 4.36. The molecule has 0 N–H and O–H groups in total. The Hall–Kier alpha value is -3.30. The Morgan fingerprint density at radius 2 is 2.04 bits per heavy atom. The molecule has 1 aromatic carbocycles. The Labute approximate surface area is 154 Å². The van der Waals surface area contributed by atoms with E-state index < -0.39 is 11.9 Å². The van der Waals surface area contributed by atoms with Gasteiger partial charge in [-0.3, -0.25) is 4.79 Å². The molecular formula is C17H18FN7O2. The largest absolute Gasteiger partial charge is 0.478 e. The lowest BCUT2D eigenvalue weighted by Gasteiger charge is -2.40. The molecule has 0 aliphatic carbocycles. The molecule has 3 aromatic rings. The van der Waals surface area contributed by atoms with Crippen molar-refractivity contribution in [2.45, 2.75) is 25.6 Å². The first kappa shape index (κ1) is 17.1.